The van der Waals surface area contributed by atoms with E-state index in [-0.39, 0.29) is 23.9 Å². The number of carbonyl (C=O) groups is 1. The molecule has 1 N–H and O–H groups in total. The quantitative estimate of drug-likeness (QED) is 0.632. The van der Waals surface area contributed by atoms with Crippen LogP contribution >= 0.6 is 0 Å². The van der Waals surface area contributed by atoms with Gasteiger partial charge in [-0.15, -0.1) is 0 Å². The van der Waals surface area contributed by atoms with Crippen molar-refractivity contribution in [2.45, 2.75) is 31.2 Å². The van der Waals surface area contributed by atoms with Gasteiger partial charge in [-0.2, -0.15) is 9.29 Å². The van der Waals surface area contributed by atoms with Crippen LogP contribution in [0.3, 0.4) is 0 Å². The molecule has 1 fully saturated rings. The fourth-order valence-corrected chi connectivity index (χ4v) is 5.10. The van der Waals surface area contributed by atoms with E-state index in [4.69, 9.17) is 4.52 Å². The van der Waals surface area contributed by atoms with Crippen LogP contribution in [0, 0.1) is 12.8 Å². The average Bonchev–Trinajstić information content (AvgIpc) is 3.27. The third-order valence-electron chi connectivity index (χ3n) is 5.33. The van der Waals surface area contributed by atoms with Crippen LogP contribution in [0.1, 0.15) is 24.3 Å². The molecule has 0 saturated carbocycles. The summed E-state index contributed by atoms with van der Waals surface area (Å²) in [6.45, 7) is 2.56. The summed E-state index contributed by atoms with van der Waals surface area (Å²) < 4.78 is 32.5. The number of rotatable bonds is 6. The van der Waals surface area contributed by atoms with Gasteiger partial charge in [0.1, 0.15) is 0 Å². The van der Waals surface area contributed by atoms with Crippen LogP contribution in [0.4, 0.5) is 0 Å². The van der Waals surface area contributed by atoms with Crippen LogP contribution in [-0.4, -0.2) is 41.9 Å². The third-order valence-corrected chi connectivity index (χ3v) is 7.21. The first-order valence-corrected chi connectivity index (χ1v) is 11.6. The zero-order valence-electron chi connectivity index (χ0n) is 17.2. The second-order valence-corrected chi connectivity index (χ2v) is 9.55. The number of piperidine rings is 1. The minimum Gasteiger partial charge on any atom is -0.347 e. The number of sulfonamides is 1. The lowest BCUT2D eigenvalue weighted by atomic mass is 9.99. The van der Waals surface area contributed by atoms with Crippen LogP contribution in [0.2, 0.25) is 0 Å². The molecule has 0 unspecified atom stereocenters. The summed E-state index contributed by atoms with van der Waals surface area (Å²) in [6, 6.07) is 16.2. The molecule has 1 atom stereocenters. The Hall–Kier alpha value is -3.04. The van der Waals surface area contributed by atoms with E-state index in [1.54, 1.807) is 24.3 Å². The second-order valence-electron chi connectivity index (χ2n) is 7.61. The van der Waals surface area contributed by atoms with Crippen LogP contribution in [-0.2, 0) is 21.4 Å². The molecule has 2 heterocycles. The average molecular weight is 441 g/mol. The van der Waals surface area contributed by atoms with E-state index in [1.807, 2.05) is 37.3 Å². The Kier molecular flexibility index (Phi) is 6.15. The van der Waals surface area contributed by atoms with Crippen LogP contribution < -0.4 is 5.32 Å². The Morgan fingerprint density at radius 1 is 1.16 bits per heavy atom. The van der Waals surface area contributed by atoms with Gasteiger partial charge in [-0.05, 0) is 31.9 Å². The molecule has 1 amide bonds. The lowest BCUT2D eigenvalue weighted by Crippen LogP contribution is -2.45. The van der Waals surface area contributed by atoms with Gasteiger partial charge in [0.05, 0.1) is 17.4 Å². The molecule has 0 spiro atoms. The molecule has 1 aromatic heterocycles. The largest absolute Gasteiger partial charge is 0.347 e. The summed E-state index contributed by atoms with van der Waals surface area (Å²) in [5.74, 6) is 0.110. The van der Waals surface area contributed by atoms with Crippen molar-refractivity contribution in [2.24, 2.45) is 5.92 Å². The van der Waals surface area contributed by atoms with Gasteiger partial charge < -0.3 is 9.84 Å². The summed E-state index contributed by atoms with van der Waals surface area (Å²) in [4.78, 5) is 17.2. The molecular weight excluding hydrogens is 416 g/mol. The van der Waals surface area contributed by atoms with Gasteiger partial charge in [-0.3, -0.25) is 4.79 Å². The maximum Gasteiger partial charge on any atom is 0.246 e. The third kappa shape index (κ3) is 4.83. The SMILES string of the molecule is Cc1ccc(S(=O)(=O)N2CCC[C@H](C(=O)NCc3nc(-c4ccccc4)no3)C2)cc1. The van der Waals surface area contributed by atoms with Crippen molar-refractivity contribution in [2.75, 3.05) is 13.1 Å². The van der Waals surface area contributed by atoms with Crippen molar-refractivity contribution in [1.29, 1.82) is 0 Å². The lowest BCUT2D eigenvalue weighted by molar-refractivity contribution is -0.126. The van der Waals surface area contributed by atoms with Gasteiger partial charge in [-0.25, -0.2) is 8.42 Å². The van der Waals surface area contributed by atoms with Crippen molar-refractivity contribution in [1.82, 2.24) is 19.8 Å². The zero-order chi connectivity index (χ0) is 21.8. The number of nitrogens with one attached hydrogen (secondary N) is 1. The zero-order valence-corrected chi connectivity index (χ0v) is 18.0. The number of hydrogen-bond donors (Lipinski definition) is 1. The number of amides is 1. The normalized spacial score (nSPS) is 17.4. The molecule has 31 heavy (non-hydrogen) atoms. The minimum atomic E-state index is -3.63. The van der Waals surface area contributed by atoms with E-state index < -0.39 is 15.9 Å². The number of benzene rings is 2. The maximum absolute atomic E-state index is 12.9. The van der Waals surface area contributed by atoms with Crippen LogP contribution in [0.25, 0.3) is 11.4 Å². The molecule has 0 bridgehead atoms. The van der Waals surface area contributed by atoms with Gasteiger partial charge in [-0.1, -0.05) is 53.2 Å². The maximum atomic E-state index is 12.9. The van der Waals surface area contributed by atoms with Crippen molar-refractivity contribution < 1.29 is 17.7 Å². The predicted molar refractivity (Wildman–Crippen MR) is 114 cm³/mol. The molecule has 8 nitrogen and oxygen atoms in total. The highest BCUT2D eigenvalue weighted by atomic mass is 32.2. The summed E-state index contributed by atoms with van der Waals surface area (Å²) in [5.41, 5.74) is 1.82. The van der Waals surface area contributed by atoms with Gasteiger partial charge >= 0.3 is 0 Å². The second kappa shape index (κ2) is 8.99. The molecule has 4 rings (SSSR count). The monoisotopic (exact) mass is 440 g/mol. The number of aryl methyl sites for hydroxylation is 1. The highest BCUT2D eigenvalue weighted by molar-refractivity contribution is 7.89. The molecular formula is C22H24N4O4S. The topological polar surface area (TPSA) is 105 Å². The Labute approximate surface area is 181 Å². The van der Waals surface area contributed by atoms with E-state index in [2.05, 4.69) is 15.5 Å². The Balaban J connectivity index is 1.37. The Morgan fingerprint density at radius 2 is 1.90 bits per heavy atom. The molecule has 1 aliphatic rings. The molecule has 2 aromatic carbocycles. The van der Waals surface area contributed by atoms with Crippen molar-refractivity contribution in [3.05, 3.63) is 66.1 Å². The van der Waals surface area contributed by atoms with Crippen molar-refractivity contribution in [3.63, 3.8) is 0 Å². The fraction of sp³-hybridized carbons (Fsp3) is 0.318. The Bertz CT molecular complexity index is 1140. The summed E-state index contributed by atoms with van der Waals surface area (Å²) in [6.07, 6.45) is 1.26. The van der Waals surface area contributed by atoms with E-state index in [0.717, 1.165) is 11.1 Å². The number of carbonyl (C=O) groups excluding carboxylic acids is 1. The number of nitrogens with zero attached hydrogens (tertiary/aromatic N) is 3. The molecule has 0 radical (unpaired) electrons. The van der Waals surface area contributed by atoms with Gasteiger partial charge in [0.15, 0.2) is 0 Å². The van der Waals surface area contributed by atoms with Crippen LogP contribution in [0.15, 0.2) is 64.0 Å². The standard InChI is InChI=1S/C22H24N4O4S/c1-16-9-11-19(12-10-16)31(28,29)26-13-5-8-18(15-26)22(27)23-14-20-24-21(25-30-20)17-6-3-2-4-7-17/h2-4,6-7,9-12,18H,5,8,13-15H2,1H3,(H,23,27)/t18-/m0/s1. The number of hydrogen-bond acceptors (Lipinski definition) is 6. The first-order chi connectivity index (χ1) is 14.9. The summed E-state index contributed by atoms with van der Waals surface area (Å²) in [5, 5.41) is 6.73. The predicted octanol–water partition coefficient (Wildman–Crippen LogP) is 2.76. The first kappa shape index (κ1) is 21.2. The van der Waals surface area contributed by atoms with Crippen molar-refractivity contribution >= 4 is 15.9 Å². The molecule has 9 heteroatoms. The minimum absolute atomic E-state index is 0.0971. The van der Waals surface area contributed by atoms with Gasteiger partial charge in [0, 0.05) is 18.7 Å². The summed E-state index contributed by atoms with van der Waals surface area (Å²) >= 11 is 0. The molecule has 0 aliphatic carbocycles. The lowest BCUT2D eigenvalue weighted by Gasteiger charge is -2.31. The molecule has 1 saturated heterocycles. The summed E-state index contributed by atoms with van der Waals surface area (Å²) in [7, 11) is -3.63. The number of aromatic nitrogens is 2. The van der Waals surface area contributed by atoms with Gasteiger partial charge in [0.2, 0.25) is 27.6 Å². The highest BCUT2D eigenvalue weighted by Gasteiger charge is 2.33. The molecule has 1 aliphatic heterocycles. The van der Waals surface area contributed by atoms with E-state index >= 15 is 0 Å². The van der Waals surface area contributed by atoms with E-state index in [0.29, 0.717) is 31.1 Å². The van der Waals surface area contributed by atoms with Crippen molar-refractivity contribution in [3.8, 4) is 11.4 Å². The first-order valence-electron chi connectivity index (χ1n) is 10.2. The smallest absolute Gasteiger partial charge is 0.246 e. The highest BCUT2D eigenvalue weighted by Crippen LogP contribution is 2.24. The molecule has 3 aromatic rings. The van der Waals surface area contributed by atoms with E-state index in [9.17, 15) is 13.2 Å². The van der Waals surface area contributed by atoms with Gasteiger partial charge in [0.25, 0.3) is 0 Å². The molecule has 162 valence electrons. The van der Waals surface area contributed by atoms with Crippen LogP contribution in [0.5, 0.6) is 0 Å². The Morgan fingerprint density at radius 3 is 2.65 bits per heavy atom. The van der Waals surface area contributed by atoms with E-state index in [1.165, 1.54) is 4.31 Å². The fourth-order valence-electron chi connectivity index (χ4n) is 3.57.